The quantitative estimate of drug-likeness (QED) is 0.852. The van der Waals surface area contributed by atoms with Gasteiger partial charge in [0.2, 0.25) is 0 Å². The minimum absolute atomic E-state index is 0.108. The molecule has 1 aromatic heterocycles. The number of hydrogen-bond acceptors (Lipinski definition) is 4. The van der Waals surface area contributed by atoms with Gasteiger partial charge < -0.3 is 4.90 Å². The lowest BCUT2D eigenvalue weighted by atomic mass is 10.1. The van der Waals surface area contributed by atoms with Crippen LogP contribution >= 0.6 is 11.5 Å². The minimum Gasteiger partial charge on any atom is -0.334 e. The molecular formula is C14H15F2N3OS. The molecule has 1 amide bonds. The Balaban J connectivity index is 2.26. The van der Waals surface area contributed by atoms with Gasteiger partial charge in [0.05, 0.1) is 12.2 Å². The Morgan fingerprint density at radius 2 is 1.95 bits per heavy atom. The van der Waals surface area contributed by atoms with Crippen molar-refractivity contribution >= 4 is 17.4 Å². The molecule has 0 fully saturated rings. The van der Waals surface area contributed by atoms with Gasteiger partial charge in [-0.15, -0.1) is 5.10 Å². The first-order chi connectivity index (χ1) is 10.1. The maximum Gasteiger partial charge on any atom is 0.267 e. The van der Waals surface area contributed by atoms with E-state index in [1.165, 1.54) is 23.1 Å². The topological polar surface area (TPSA) is 46.1 Å². The molecule has 0 atom stereocenters. The standard InChI is InChI=1S/C14H15F2N3OS/c1-3-12-13(21-18-17-12)14(20)19(4-2)8-9-10(15)6-5-7-11(9)16/h5-7H,3-4,8H2,1-2H3. The maximum atomic E-state index is 13.7. The molecule has 7 heteroatoms. The van der Waals surface area contributed by atoms with Crippen LogP contribution in [-0.2, 0) is 13.0 Å². The van der Waals surface area contributed by atoms with E-state index in [0.29, 0.717) is 23.5 Å². The first kappa shape index (κ1) is 15.5. The summed E-state index contributed by atoms with van der Waals surface area (Å²) in [5.74, 6) is -1.61. The normalized spacial score (nSPS) is 10.7. The Bertz CT molecular complexity index is 625. The van der Waals surface area contributed by atoms with Crippen molar-refractivity contribution in [1.29, 1.82) is 0 Å². The summed E-state index contributed by atoms with van der Waals surface area (Å²) in [4.78, 5) is 14.3. The van der Waals surface area contributed by atoms with Crippen LogP contribution in [0.3, 0.4) is 0 Å². The van der Waals surface area contributed by atoms with Crippen molar-refractivity contribution in [2.24, 2.45) is 0 Å². The molecule has 0 saturated carbocycles. The van der Waals surface area contributed by atoms with Gasteiger partial charge in [-0.2, -0.15) is 0 Å². The number of aromatic nitrogens is 2. The molecule has 0 bridgehead atoms. The van der Waals surface area contributed by atoms with Crippen LogP contribution in [0.2, 0.25) is 0 Å². The molecule has 0 unspecified atom stereocenters. The zero-order chi connectivity index (χ0) is 15.4. The van der Waals surface area contributed by atoms with Crippen LogP contribution in [0.1, 0.15) is 34.8 Å². The number of benzene rings is 1. The summed E-state index contributed by atoms with van der Waals surface area (Å²) in [6.45, 7) is 3.86. The molecule has 2 aromatic rings. The second kappa shape index (κ2) is 6.71. The fourth-order valence-electron chi connectivity index (χ4n) is 1.95. The van der Waals surface area contributed by atoms with Crippen molar-refractivity contribution in [3.63, 3.8) is 0 Å². The van der Waals surface area contributed by atoms with Crippen molar-refractivity contribution in [3.8, 4) is 0 Å². The van der Waals surface area contributed by atoms with Crippen LogP contribution in [0.15, 0.2) is 18.2 Å². The Labute approximate surface area is 125 Å². The predicted molar refractivity (Wildman–Crippen MR) is 76.1 cm³/mol. The van der Waals surface area contributed by atoms with E-state index >= 15 is 0 Å². The van der Waals surface area contributed by atoms with Gasteiger partial charge in [0, 0.05) is 12.1 Å². The van der Waals surface area contributed by atoms with E-state index in [1.54, 1.807) is 6.92 Å². The van der Waals surface area contributed by atoms with Crippen molar-refractivity contribution in [1.82, 2.24) is 14.5 Å². The molecule has 1 heterocycles. The van der Waals surface area contributed by atoms with Crippen LogP contribution in [0, 0.1) is 11.6 Å². The average molecular weight is 311 g/mol. The van der Waals surface area contributed by atoms with E-state index in [0.717, 1.165) is 11.5 Å². The summed E-state index contributed by atoms with van der Waals surface area (Å²) in [6.07, 6.45) is 0.586. The Morgan fingerprint density at radius 3 is 2.52 bits per heavy atom. The first-order valence-corrected chi connectivity index (χ1v) is 7.39. The van der Waals surface area contributed by atoms with Gasteiger partial charge in [-0.3, -0.25) is 4.79 Å². The molecule has 4 nitrogen and oxygen atoms in total. The van der Waals surface area contributed by atoms with Crippen molar-refractivity contribution in [3.05, 3.63) is 46.0 Å². The minimum atomic E-state index is -0.653. The van der Waals surface area contributed by atoms with E-state index in [1.807, 2.05) is 6.92 Å². The summed E-state index contributed by atoms with van der Waals surface area (Å²) in [6, 6.07) is 3.67. The van der Waals surface area contributed by atoms with E-state index in [9.17, 15) is 13.6 Å². The highest BCUT2D eigenvalue weighted by molar-refractivity contribution is 7.07. The lowest BCUT2D eigenvalue weighted by Gasteiger charge is -2.21. The Morgan fingerprint density at radius 1 is 1.29 bits per heavy atom. The predicted octanol–water partition coefficient (Wildman–Crippen LogP) is 3.04. The Kier molecular flexibility index (Phi) is 4.95. The van der Waals surface area contributed by atoms with Crippen molar-refractivity contribution < 1.29 is 13.6 Å². The van der Waals surface area contributed by atoms with Crippen LogP contribution in [-0.4, -0.2) is 26.9 Å². The third kappa shape index (κ3) is 3.24. The number of amides is 1. The van der Waals surface area contributed by atoms with Crippen LogP contribution < -0.4 is 0 Å². The number of halogens is 2. The second-order valence-corrected chi connectivity index (χ2v) is 5.18. The van der Waals surface area contributed by atoms with Gasteiger partial charge in [0.25, 0.3) is 5.91 Å². The molecule has 1 aromatic carbocycles. The van der Waals surface area contributed by atoms with Gasteiger partial charge in [0.15, 0.2) is 0 Å². The number of hydrogen-bond donors (Lipinski definition) is 0. The molecule has 0 N–H and O–H groups in total. The molecule has 21 heavy (non-hydrogen) atoms. The lowest BCUT2D eigenvalue weighted by Crippen LogP contribution is -2.31. The van der Waals surface area contributed by atoms with Crippen LogP contribution in [0.5, 0.6) is 0 Å². The largest absolute Gasteiger partial charge is 0.334 e. The number of carbonyl (C=O) groups excluding carboxylic acids is 1. The van der Waals surface area contributed by atoms with Gasteiger partial charge >= 0.3 is 0 Å². The lowest BCUT2D eigenvalue weighted by molar-refractivity contribution is 0.0753. The highest BCUT2D eigenvalue weighted by Crippen LogP contribution is 2.19. The summed E-state index contributed by atoms with van der Waals surface area (Å²) >= 11 is 1.01. The highest BCUT2D eigenvalue weighted by atomic mass is 32.1. The monoisotopic (exact) mass is 311 g/mol. The van der Waals surface area contributed by atoms with Gasteiger partial charge in [0.1, 0.15) is 16.5 Å². The van der Waals surface area contributed by atoms with Crippen LogP contribution in [0.25, 0.3) is 0 Å². The molecule has 0 aliphatic rings. The highest BCUT2D eigenvalue weighted by Gasteiger charge is 2.22. The molecule has 0 aliphatic heterocycles. The molecule has 2 rings (SSSR count). The van der Waals surface area contributed by atoms with Crippen molar-refractivity contribution in [2.75, 3.05) is 6.54 Å². The van der Waals surface area contributed by atoms with E-state index in [-0.39, 0.29) is 18.0 Å². The fourth-order valence-corrected chi connectivity index (χ4v) is 2.67. The van der Waals surface area contributed by atoms with Gasteiger partial charge in [-0.05, 0) is 37.0 Å². The van der Waals surface area contributed by atoms with E-state index in [2.05, 4.69) is 9.59 Å². The molecule has 0 saturated heterocycles. The fraction of sp³-hybridized carbons (Fsp3) is 0.357. The number of rotatable bonds is 5. The molecule has 0 spiro atoms. The van der Waals surface area contributed by atoms with Gasteiger partial charge in [-0.25, -0.2) is 8.78 Å². The third-order valence-corrected chi connectivity index (χ3v) is 3.92. The SMILES string of the molecule is CCc1nnsc1C(=O)N(CC)Cc1c(F)cccc1F. The summed E-state index contributed by atoms with van der Waals surface area (Å²) in [5.41, 5.74) is 0.501. The molecular weight excluding hydrogens is 296 g/mol. The maximum absolute atomic E-state index is 13.7. The third-order valence-electron chi connectivity index (χ3n) is 3.16. The average Bonchev–Trinajstić information content (AvgIpc) is 2.95. The van der Waals surface area contributed by atoms with Crippen LogP contribution in [0.4, 0.5) is 8.78 Å². The van der Waals surface area contributed by atoms with E-state index < -0.39 is 11.6 Å². The zero-order valence-electron chi connectivity index (χ0n) is 11.8. The number of aryl methyl sites for hydroxylation is 1. The van der Waals surface area contributed by atoms with E-state index in [4.69, 9.17) is 0 Å². The first-order valence-electron chi connectivity index (χ1n) is 6.61. The Hall–Kier alpha value is -1.89. The number of carbonyl (C=O) groups is 1. The molecule has 112 valence electrons. The van der Waals surface area contributed by atoms with Gasteiger partial charge in [-0.1, -0.05) is 17.5 Å². The molecule has 0 radical (unpaired) electrons. The second-order valence-electron chi connectivity index (χ2n) is 4.42. The summed E-state index contributed by atoms with van der Waals surface area (Å²) in [7, 11) is 0. The smallest absolute Gasteiger partial charge is 0.267 e. The summed E-state index contributed by atoms with van der Waals surface area (Å²) in [5, 5.41) is 3.89. The van der Waals surface area contributed by atoms with Crippen molar-refractivity contribution in [2.45, 2.75) is 26.8 Å². The summed E-state index contributed by atoms with van der Waals surface area (Å²) < 4.78 is 31.2. The molecule has 0 aliphatic carbocycles. The number of nitrogens with zero attached hydrogens (tertiary/aromatic N) is 3. The zero-order valence-corrected chi connectivity index (χ0v) is 12.6.